The van der Waals surface area contributed by atoms with Crippen molar-refractivity contribution in [3.63, 3.8) is 0 Å². The van der Waals surface area contributed by atoms with Crippen LogP contribution < -0.4 is 13.9 Å². The van der Waals surface area contributed by atoms with E-state index in [1.807, 2.05) is 0 Å². The molecule has 0 aliphatic carbocycles. The normalized spacial score (nSPS) is 16.3. The van der Waals surface area contributed by atoms with Crippen molar-refractivity contribution >= 4 is 53.4 Å². The van der Waals surface area contributed by atoms with Gasteiger partial charge in [0.25, 0.3) is 0 Å². The summed E-state index contributed by atoms with van der Waals surface area (Å²) in [4.78, 5) is 0. The second-order valence-electron chi connectivity index (χ2n) is 17.8. The molecule has 0 amide bonds. The second-order valence-corrected chi connectivity index (χ2v) is 27.5. The number of anilines is 4. The Labute approximate surface area is 340 Å². The minimum atomic E-state index is -2.29. The number of benzene rings is 4. The average molecular weight is 853 g/mol. The standard InChI is InChI=1S/C48H70As2N4/c1-29(2)37-21-17-22-38(30(3)4)45(37)51-49-53(47-41(33(9)10)25-19-26-42(47)34(11)12)50(52-46-39(31(5)6)23-18-24-40(46)32(7)8)54(49)48-43(35(13)14)27-20-28-44(48)36(15)16/h17-36,51-52H,1-16H3. The van der Waals surface area contributed by atoms with Gasteiger partial charge in [-0.15, -0.1) is 0 Å². The Balaban J connectivity index is 1.92. The van der Waals surface area contributed by atoms with Gasteiger partial charge in [-0.25, -0.2) is 0 Å². The predicted molar refractivity (Wildman–Crippen MR) is 242 cm³/mol. The Morgan fingerprint density at radius 3 is 0.685 bits per heavy atom. The van der Waals surface area contributed by atoms with Gasteiger partial charge in [-0.1, -0.05) is 0 Å². The summed E-state index contributed by atoms with van der Waals surface area (Å²) in [5.74, 6) is 3.23. The summed E-state index contributed by atoms with van der Waals surface area (Å²) in [6.07, 6.45) is 0. The number of hydrogen-bond acceptors (Lipinski definition) is 4. The molecule has 54 heavy (non-hydrogen) atoms. The molecule has 1 aliphatic rings. The van der Waals surface area contributed by atoms with E-state index in [0.29, 0.717) is 47.3 Å². The molecule has 1 heterocycles. The van der Waals surface area contributed by atoms with Crippen LogP contribution >= 0.6 is 0 Å². The topological polar surface area (TPSA) is 30.5 Å². The van der Waals surface area contributed by atoms with Gasteiger partial charge < -0.3 is 0 Å². The number of nitrogens with zero attached hydrogens (tertiary/aromatic N) is 2. The first-order valence-electron chi connectivity index (χ1n) is 20.7. The van der Waals surface area contributed by atoms with E-state index in [1.165, 1.54) is 67.3 Å². The summed E-state index contributed by atoms with van der Waals surface area (Å²) in [6.45, 7) is 37.9. The third-order valence-electron chi connectivity index (χ3n) is 11.0. The van der Waals surface area contributed by atoms with Crippen LogP contribution in [0.15, 0.2) is 72.8 Å². The Hall–Kier alpha value is -2.80. The van der Waals surface area contributed by atoms with Gasteiger partial charge >= 0.3 is 343 Å². The molecule has 292 valence electrons. The van der Waals surface area contributed by atoms with E-state index in [2.05, 4.69) is 198 Å². The fourth-order valence-corrected chi connectivity index (χ4v) is 22.6. The van der Waals surface area contributed by atoms with Gasteiger partial charge in [0.1, 0.15) is 0 Å². The van der Waals surface area contributed by atoms with Crippen LogP contribution in [0.5, 0.6) is 0 Å². The van der Waals surface area contributed by atoms with Crippen molar-refractivity contribution in [2.75, 3.05) is 13.9 Å². The number of para-hydroxylation sites is 4. The molecule has 6 heteroatoms. The van der Waals surface area contributed by atoms with E-state index >= 15 is 0 Å². The van der Waals surface area contributed by atoms with Gasteiger partial charge in [0.05, 0.1) is 0 Å². The van der Waals surface area contributed by atoms with Gasteiger partial charge in [0, 0.05) is 0 Å². The predicted octanol–water partition coefficient (Wildman–Crippen LogP) is 14.2. The molecule has 0 aromatic heterocycles. The van der Waals surface area contributed by atoms with Gasteiger partial charge in [-0.3, -0.25) is 0 Å². The van der Waals surface area contributed by atoms with Crippen LogP contribution in [-0.4, -0.2) is 30.7 Å². The summed E-state index contributed by atoms with van der Waals surface area (Å²) in [5, 5.41) is 0. The van der Waals surface area contributed by atoms with E-state index in [-0.39, 0.29) is 0 Å². The third kappa shape index (κ3) is 8.32. The molecule has 0 unspecified atom stereocenters. The SMILES string of the molecule is CC(C)c1cccc(C(C)C)c1N[As]1N(c2c(C(C)C)cccc2C(C)C)[As](Nc2c(C(C)C)cccc2C(C)C)N1c1c(C(C)C)cccc1C(C)C. The number of nitrogens with one attached hydrogen (secondary N) is 2. The maximum absolute atomic E-state index is 4.52. The van der Waals surface area contributed by atoms with E-state index in [9.17, 15) is 0 Å². The Kier molecular flexibility index (Phi) is 13.8. The fraction of sp³-hybridized carbons (Fsp3) is 0.500. The summed E-state index contributed by atoms with van der Waals surface area (Å²) in [6, 6.07) is 28.3. The van der Waals surface area contributed by atoms with Crippen molar-refractivity contribution in [2.24, 2.45) is 0 Å². The van der Waals surface area contributed by atoms with Gasteiger partial charge in [0.2, 0.25) is 0 Å². The van der Waals surface area contributed by atoms with Crippen LogP contribution in [0.25, 0.3) is 0 Å². The van der Waals surface area contributed by atoms with E-state index in [1.54, 1.807) is 0 Å². The molecule has 0 atom stereocenters. The third-order valence-corrected chi connectivity index (χ3v) is 24.8. The first kappa shape index (κ1) is 42.3. The zero-order chi connectivity index (χ0) is 39.8. The van der Waals surface area contributed by atoms with Crippen LogP contribution in [0.1, 0.15) is 203 Å². The molecule has 4 aromatic rings. The summed E-state index contributed by atoms with van der Waals surface area (Å²) >= 11 is -4.58. The molecule has 1 saturated heterocycles. The van der Waals surface area contributed by atoms with Crippen LogP contribution in [0.2, 0.25) is 0 Å². The van der Waals surface area contributed by atoms with Gasteiger partial charge in [-0.05, 0) is 0 Å². The second kappa shape index (κ2) is 17.6. The van der Waals surface area contributed by atoms with Crippen LogP contribution in [0, 0.1) is 0 Å². The van der Waals surface area contributed by atoms with Crippen molar-refractivity contribution in [1.29, 1.82) is 0 Å². The molecule has 0 radical (unpaired) electrons. The zero-order valence-corrected chi connectivity index (χ0v) is 40.1. The van der Waals surface area contributed by atoms with Crippen molar-refractivity contribution in [3.8, 4) is 0 Å². The molecule has 1 aliphatic heterocycles. The Morgan fingerprint density at radius 2 is 0.500 bits per heavy atom. The first-order valence-corrected chi connectivity index (χ1v) is 26.0. The van der Waals surface area contributed by atoms with Crippen molar-refractivity contribution in [2.45, 2.75) is 158 Å². The van der Waals surface area contributed by atoms with E-state index in [4.69, 9.17) is 0 Å². The fourth-order valence-electron chi connectivity index (χ4n) is 7.90. The Morgan fingerprint density at radius 1 is 0.315 bits per heavy atom. The molecule has 0 spiro atoms. The summed E-state index contributed by atoms with van der Waals surface area (Å²) in [5.41, 5.74) is 17.2. The maximum atomic E-state index is 4.52. The van der Waals surface area contributed by atoms with Crippen LogP contribution in [-0.2, 0) is 0 Å². The molecule has 1 fully saturated rings. The molecule has 2 N–H and O–H groups in total. The van der Waals surface area contributed by atoms with Crippen molar-refractivity contribution < 1.29 is 0 Å². The summed E-state index contributed by atoms with van der Waals surface area (Å²) < 4.78 is 15.1. The zero-order valence-electron chi connectivity index (χ0n) is 36.3. The molecule has 4 aromatic carbocycles. The Bertz CT molecular complexity index is 1640. The quantitative estimate of drug-likeness (QED) is 0.124. The molecule has 5 rings (SSSR count). The van der Waals surface area contributed by atoms with Gasteiger partial charge in [-0.2, -0.15) is 0 Å². The molecular formula is C48H70As2N4. The number of rotatable bonds is 14. The monoisotopic (exact) mass is 852 g/mol. The number of hydrogen-bond donors (Lipinski definition) is 2. The van der Waals surface area contributed by atoms with Crippen molar-refractivity contribution in [1.82, 2.24) is 0 Å². The molecule has 0 saturated carbocycles. The average Bonchev–Trinajstić information content (AvgIpc) is 3.10. The first-order chi connectivity index (χ1) is 25.5. The van der Waals surface area contributed by atoms with Crippen LogP contribution in [0.3, 0.4) is 0 Å². The van der Waals surface area contributed by atoms with E-state index < -0.39 is 30.7 Å². The minimum absolute atomic E-state index is 0.400. The van der Waals surface area contributed by atoms with Crippen LogP contribution in [0.4, 0.5) is 22.7 Å². The van der Waals surface area contributed by atoms with Crippen molar-refractivity contribution in [3.05, 3.63) is 117 Å². The molecule has 4 nitrogen and oxygen atoms in total. The molecule has 0 bridgehead atoms. The summed E-state index contributed by atoms with van der Waals surface area (Å²) in [7, 11) is 0. The van der Waals surface area contributed by atoms with E-state index in [0.717, 1.165) is 0 Å². The molecular weight excluding hydrogens is 782 g/mol. The van der Waals surface area contributed by atoms with Gasteiger partial charge in [0.15, 0.2) is 0 Å².